The number of piperazine rings is 1. The van der Waals surface area contributed by atoms with Crippen molar-refractivity contribution in [3.05, 3.63) is 102 Å². The van der Waals surface area contributed by atoms with E-state index in [4.69, 9.17) is 9.47 Å². The zero-order valence-electron chi connectivity index (χ0n) is 23.0. The predicted octanol–water partition coefficient (Wildman–Crippen LogP) is 7.04. The van der Waals surface area contributed by atoms with Gasteiger partial charge in [-0.1, -0.05) is 42.5 Å². The van der Waals surface area contributed by atoms with E-state index in [-0.39, 0.29) is 0 Å². The Hall–Kier alpha value is -3.91. The standard InChI is InChI=1S/C33H34N4O2S/c1-36-16-18-37(19-17-36)22-24-6-10-26(11-7-24)32-21-31-33(40-32)30(14-15-34-31)35-27-4-3-5-29(20-27)39-23-25-8-12-28(38-2)13-9-25/h3-15,20-21H,16-19,22-23H2,1-2H3,(H,34,35). The maximum absolute atomic E-state index is 6.06. The average Bonchev–Trinajstić information content (AvgIpc) is 3.44. The molecule has 0 saturated carbocycles. The highest BCUT2D eigenvalue weighted by Crippen LogP contribution is 2.38. The van der Waals surface area contributed by atoms with Gasteiger partial charge in [0.05, 0.1) is 23.0 Å². The molecule has 3 heterocycles. The number of fused-ring (bicyclic) bond motifs is 1. The minimum atomic E-state index is 0.495. The van der Waals surface area contributed by atoms with Crippen LogP contribution < -0.4 is 14.8 Å². The molecule has 40 heavy (non-hydrogen) atoms. The number of hydrogen-bond donors (Lipinski definition) is 1. The summed E-state index contributed by atoms with van der Waals surface area (Å²) in [4.78, 5) is 10.8. The zero-order chi connectivity index (χ0) is 27.3. The number of benzene rings is 3. The van der Waals surface area contributed by atoms with Crippen molar-refractivity contribution in [3.63, 3.8) is 0 Å². The molecule has 3 aromatic carbocycles. The molecule has 7 heteroatoms. The van der Waals surface area contributed by atoms with Gasteiger partial charge >= 0.3 is 0 Å². The summed E-state index contributed by atoms with van der Waals surface area (Å²) in [7, 11) is 3.87. The molecule has 5 aromatic rings. The molecular weight excluding hydrogens is 516 g/mol. The Morgan fingerprint density at radius 3 is 2.40 bits per heavy atom. The number of thiophene rings is 1. The van der Waals surface area contributed by atoms with E-state index in [0.29, 0.717) is 6.61 Å². The highest BCUT2D eigenvalue weighted by molar-refractivity contribution is 7.22. The number of pyridine rings is 1. The van der Waals surface area contributed by atoms with Crippen LogP contribution in [0.15, 0.2) is 91.1 Å². The average molecular weight is 551 g/mol. The van der Waals surface area contributed by atoms with Crippen molar-refractivity contribution in [2.75, 3.05) is 45.7 Å². The van der Waals surface area contributed by atoms with Gasteiger partial charge in [-0.15, -0.1) is 11.3 Å². The van der Waals surface area contributed by atoms with Crippen LogP contribution >= 0.6 is 11.3 Å². The maximum atomic E-state index is 6.06. The first-order chi connectivity index (χ1) is 19.6. The van der Waals surface area contributed by atoms with Crippen molar-refractivity contribution in [1.29, 1.82) is 0 Å². The first-order valence-electron chi connectivity index (χ1n) is 13.6. The van der Waals surface area contributed by atoms with Gasteiger partial charge in [-0.3, -0.25) is 9.88 Å². The fraction of sp³-hybridized carbons (Fsp3) is 0.242. The predicted molar refractivity (Wildman–Crippen MR) is 165 cm³/mol. The van der Waals surface area contributed by atoms with E-state index in [9.17, 15) is 0 Å². The van der Waals surface area contributed by atoms with Crippen molar-refractivity contribution >= 4 is 32.9 Å². The van der Waals surface area contributed by atoms with Gasteiger partial charge in [0.2, 0.25) is 0 Å². The van der Waals surface area contributed by atoms with Gasteiger partial charge < -0.3 is 19.7 Å². The number of methoxy groups -OCH3 is 1. The van der Waals surface area contributed by atoms with Gasteiger partial charge in [0.1, 0.15) is 18.1 Å². The number of nitrogens with zero attached hydrogens (tertiary/aromatic N) is 3. The van der Waals surface area contributed by atoms with Crippen LogP contribution in [0.1, 0.15) is 11.1 Å². The summed E-state index contributed by atoms with van der Waals surface area (Å²) in [5.41, 5.74) is 6.70. The second-order valence-electron chi connectivity index (χ2n) is 10.2. The third-order valence-electron chi connectivity index (χ3n) is 7.33. The first-order valence-corrected chi connectivity index (χ1v) is 14.5. The Kier molecular flexibility index (Phi) is 7.95. The molecular formula is C33H34N4O2S. The van der Waals surface area contributed by atoms with Crippen molar-refractivity contribution in [3.8, 4) is 21.9 Å². The molecule has 0 spiro atoms. The van der Waals surface area contributed by atoms with Gasteiger partial charge in [0.25, 0.3) is 0 Å². The molecule has 0 unspecified atom stereocenters. The van der Waals surface area contributed by atoms with Crippen LogP contribution in [0.5, 0.6) is 11.5 Å². The molecule has 6 nitrogen and oxygen atoms in total. The number of likely N-dealkylation sites (N-methyl/N-ethyl adjacent to an activating group) is 1. The number of rotatable bonds is 9. The molecule has 1 aliphatic rings. The Labute approximate surface area is 239 Å². The second kappa shape index (κ2) is 12.1. The monoisotopic (exact) mass is 550 g/mol. The minimum Gasteiger partial charge on any atom is -0.497 e. The lowest BCUT2D eigenvalue weighted by molar-refractivity contribution is 0.148. The molecule has 0 atom stereocenters. The summed E-state index contributed by atoms with van der Waals surface area (Å²) >= 11 is 1.77. The summed E-state index contributed by atoms with van der Waals surface area (Å²) in [6.45, 7) is 6.06. The lowest BCUT2D eigenvalue weighted by atomic mass is 10.1. The fourth-order valence-corrected chi connectivity index (χ4v) is 6.01. The lowest BCUT2D eigenvalue weighted by Crippen LogP contribution is -2.43. The summed E-state index contributed by atoms with van der Waals surface area (Å²) in [6.07, 6.45) is 1.87. The quantitative estimate of drug-likeness (QED) is 0.212. The minimum absolute atomic E-state index is 0.495. The van der Waals surface area contributed by atoms with Crippen LogP contribution in [0, 0.1) is 0 Å². The van der Waals surface area contributed by atoms with Crippen LogP contribution in [0.2, 0.25) is 0 Å². The second-order valence-corrected chi connectivity index (χ2v) is 11.3. The normalized spacial score (nSPS) is 14.3. The van der Waals surface area contributed by atoms with E-state index < -0.39 is 0 Å². The highest BCUT2D eigenvalue weighted by Gasteiger charge is 2.14. The van der Waals surface area contributed by atoms with Gasteiger partial charge in [-0.25, -0.2) is 0 Å². The Morgan fingerprint density at radius 2 is 1.62 bits per heavy atom. The van der Waals surface area contributed by atoms with E-state index in [1.54, 1.807) is 18.4 Å². The van der Waals surface area contributed by atoms with Crippen LogP contribution in [0.3, 0.4) is 0 Å². The van der Waals surface area contributed by atoms with E-state index in [2.05, 4.69) is 63.5 Å². The van der Waals surface area contributed by atoms with Crippen molar-refractivity contribution in [2.24, 2.45) is 0 Å². The van der Waals surface area contributed by atoms with Crippen molar-refractivity contribution in [1.82, 2.24) is 14.8 Å². The molecule has 1 N–H and O–H groups in total. The fourth-order valence-electron chi connectivity index (χ4n) is 4.92. The lowest BCUT2D eigenvalue weighted by Gasteiger charge is -2.32. The number of nitrogens with one attached hydrogen (secondary N) is 1. The van der Waals surface area contributed by atoms with Crippen LogP contribution in [0.4, 0.5) is 11.4 Å². The number of aromatic nitrogens is 1. The molecule has 1 saturated heterocycles. The summed E-state index contributed by atoms with van der Waals surface area (Å²) < 4.78 is 12.4. The highest BCUT2D eigenvalue weighted by atomic mass is 32.1. The van der Waals surface area contributed by atoms with Crippen LogP contribution in [-0.2, 0) is 13.2 Å². The molecule has 1 fully saturated rings. The number of hydrogen-bond acceptors (Lipinski definition) is 7. The Balaban J connectivity index is 1.14. The van der Waals surface area contributed by atoms with Crippen LogP contribution in [-0.4, -0.2) is 55.1 Å². The summed E-state index contributed by atoms with van der Waals surface area (Å²) in [5, 5.41) is 3.59. The molecule has 2 aromatic heterocycles. The molecule has 6 rings (SSSR count). The van der Waals surface area contributed by atoms with Gasteiger partial charge in [0, 0.05) is 55.6 Å². The van der Waals surface area contributed by atoms with Gasteiger partial charge in [-0.2, -0.15) is 0 Å². The molecule has 0 radical (unpaired) electrons. The summed E-state index contributed by atoms with van der Waals surface area (Å²) in [5.74, 6) is 1.66. The van der Waals surface area contributed by atoms with E-state index in [1.807, 2.05) is 54.7 Å². The third-order valence-corrected chi connectivity index (χ3v) is 8.54. The summed E-state index contributed by atoms with van der Waals surface area (Å²) in [6, 6.07) is 29.2. The molecule has 0 bridgehead atoms. The third kappa shape index (κ3) is 6.28. The van der Waals surface area contributed by atoms with Crippen LogP contribution in [0.25, 0.3) is 20.7 Å². The van der Waals surface area contributed by atoms with Crippen molar-refractivity contribution < 1.29 is 9.47 Å². The van der Waals surface area contributed by atoms with Gasteiger partial charge in [-0.05, 0) is 60.1 Å². The molecule has 1 aliphatic heterocycles. The van der Waals surface area contributed by atoms with E-state index in [1.165, 1.54) is 16.0 Å². The zero-order valence-corrected chi connectivity index (χ0v) is 23.8. The smallest absolute Gasteiger partial charge is 0.121 e. The Morgan fingerprint density at radius 1 is 0.850 bits per heavy atom. The SMILES string of the molecule is COc1ccc(COc2cccc(Nc3ccnc4cc(-c5ccc(CN6CCN(C)CC6)cc5)sc34)c2)cc1. The molecule has 204 valence electrons. The number of ether oxygens (including phenoxy) is 2. The first kappa shape index (κ1) is 26.3. The largest absolute Gasteiger partial charge is 0.497 e. The maximum Gasteiger partial charge on any atom is 0.121 e. The van der Waals surface area contributed by atoms with E-state index in [0.717, 1.165) is 71.4 Å². The van der Waals surface area contributed by atoms with Crippen molar-refractivity contribution in [2.45, 2.75) is 13.2 Å². The van der Waals surface area contributed by atoms with Gasteiger partial charge in [0.15, 0.2) is 0 Å². The molecule has 0 aliphatic carbocycles. The van der Waals surface area contributed by atoms with E-state index >= 15 is 0 Å². The number of anilines is 2. The topological polar surface area (TPSA) is 49.9 Å². The Bertz CT molecular complexity index is 1560. The molecule has 0 amide bonds.